The summed E-state index contributed by atoms with van der Waals surface area (Å²) >= 11 is 0. The largest absolute Gasteiger partial charge is 0.391 e. The SMILES string of the molecule is CCN(CC)C(C)(CC)C(O)Cc1ccccc1F. The lowest BCUT2D eigenvalue weighted by atomic mass is 9.85. The fourth-order valence-corrected chi connectivity index (χ4v) is 2.71. The third-order valence-electron chi connectivity index (χ3n) is 4.29. The van der Waals surface area contributed by atoms with Gasteiger partial charge in [0.1, 0.15) is 5.82 Å². The van der Waals surface area contributed by atoms with Gasteiger partial charge in [0.15, 0.2) is 0 Å². The molecule has 0 saturated heterocycles. The molecule has 108 valence electrons. The molecule has 0 amide bonds. The summed E-state index contributed by atoms with van der Waals surface area (Å²) in [5, 5.41) is 10.6. The molecule has 2 atom stereocenters. The molecule has 0 bridgehead atoms. The highest BCUT2D eigenvalue weighted by molar-refractivity contribution is 5.19. The number of halogens is 1. The average Bonchev–Trinajstić information content (AvgIpc) is 2.42. The molecule has 2 nitrogen and oxygen atoms in total. The van der Waals surface area contributed by atoms with Gasteiger partial charge in [-0.3, -0.25) is 4.90 Å². The van der Waals surface area contributed by atoms with Crippen molar-refractivity contribution in [1.82, 2.24) is 4.90 Å². The number of likely N-dealkylation sites (N-methyl/N-ethyl adjacent to an activating group) is 1. The van der Waals surface area contributed by atoms with Gasteiger partial charge in [-0.15, -0.1) is 0 Å². The highest BCUT2D eigenvalue weighted by atomic mass is 19.1. The molecule has 0 fully saturated rings. The monoisotopic (exact) mass is 267 g/mol. The number of rotatable bonds is 7. The summed E-state index contributed by atoms with van der Waals surface area (Å²) in [7, 11) is 0. The molecule has 1 N–H and O–H groups in total. The Bertz CT molecular complexity index is 392. The summed E-state index contributed by atoms with van der Waals surface area (Å²) in [6.45, 7) is 10.1. The molecule has 0 aliphatic heterocycles. The van der Waals surface area contributed by atoms with E-state index in [0.29, 0.717) is 12.0 Å². The van der Waals surface area contributed by atoms with Crippen LogP contribution in [0.1, 0.15) is 39.7 Å². The van der Waals surface area contributed by atoms with Crippen LogP contribution >= 0.6 is 0 Å². The van der Waals surface area contributed by atoms with Crippen molar-refractivity contribution in [2.45, 2.75) is 52.2 Å². The molecule has 0 radical (unpaired) electrons. The lowest BCUT2D eigenvalue weighted by Crippen LogP contribution is -2.55. The zero-order valence-corrected chi connectivity index (χ0v) is 12.5. The van der Waals surface area contributed by atoms with Crippen LogP contribution in [-0.2, 0) is 6.42 Å². The third kappa shape index (κ3) is 3.54. The Kier molecular flexibility index (Phi) is 5.95. The van der Waals surface area contributed by atoms with Crippen LogP contribution in [0, 0.1) is 5.82 Å². The maximum Gasteiger partial charge on any atom is 0.126 e. The topological polar surface area (TPSA) is 23.5 Å². The third-order valence-corrected chi connectivity index (χ3v) is 4.29. The van der Waals surface area contributed by atoms with Crippen molar-refractivity contribution in [3.63, 3.8) is 0 Å². The van der Waals surface area contributed by atoms with E-state index in [1.54, 1.807) is 12.1 Å². The standard InChI is InChI=1S/C16H26FNO/c1-5-16(4,18(6-2)7-3)15(19)12-13-10-8-9-11-14(13)17/h8-11,15,19H,5-7,12H2,1-4H3. The lowest BCUT2D eigenvalue weighted by Gasteiger charge is -2.43. The van der Waals surface area contributed by atoms with E-state index in [0.717, 1.165) is 19.5 Å². The summed E-state index contributed by atoms with van der Waals surface area (Å²) in [5.74, 6) is -0.237. The van der Waals surface area contributed by atoms with Crippen LogP contribution in [0.3, 0.4) is 0 Å². The van der Waals surface area contributed by atoms with E-state index in [1.807, 2.05) is 6.07 Å². The van der Waals surface area contributed by atoms with Gasteiger partial charge in [-0.05, 0) is 38.1 Å². The Morgan fingerprint density at radius 2 is 1.79 bits per heavy atom. The maximum absolute atomic E-state index is 13.7. The first-order valence-corrected chi connectivity index (χ1v) is 7.16. The second-order valence-corrected chi connectivity index (χ2v) is 5.19. The smallest absolute Gasteiger partial charge is 0.126 e. The minimum Gasteiger partial charge on any atom is -0.391 e. The summed E-state index contributed by atoms with van der Waals surface area (Å²) < 4.78 is 13.7. The van der Waals surface area contributed by atoms with Crippen LogP contribution < -0.4 is 0 Å². The van der Waals surface area contributed by atoms with Gasteiger partial charge in [-0.2, -0.15) is 0 Å². The predicted octanol–water partition coefficient (Wildman–Crippen LogP) is 3.24. The van der Waals surface area contributed by atoms with E-state index in [1.165, 1.54) is 6.07 Å². The molecule has 19 heavy (non-hydrogen) atoms. The number of nitrogens with zero attached hydrogens (tertiary/aromatic N) is 1. The summed E-state index contributed by atoms with van der Waals surface area (Å²) in [5.41, 5.74) is 0.271. The van der Waals surface area contributed by atoms with E-state index < -0.39 is 6.10 Å². The molecular formula is C16H26FNO. The second-order valence-electron chi connectivity index (χ2n) is 5.19. The minimum absolute atomic E-state index is 0.237. The summed E-state index contributed by atoms with van der Waals surface area (Å²) in [6, 6.07) is 6.68. The quantitative estimate of drug-likeness (QED) is 0.820. The average molecular weight is 267 g/mol. The molecule has 1 aromatic carbocycles. The highest BCUT2D eigenvalue weighted by Crippen LogP contribution is 2.26. The fourth-order valence-electron chi connectivity index (χ4n) is 2.71. The molecule has 0 spiro atoms. The Balaban J connectivity index is 2.90. The zero-order valence-electron chi connectivity index (χ0n) is 12.5. The van der Waals surface area contributed by atoms with Crippen molar-refractivity contribution in [1.29, 1.82) is 0 Å². The molecule has 0 aromatic heterocycles. The minimum atomic E-state index is -0.575. The van der Waals surface area contributed by atoms with Crippen LogP contribution in [0.2, 0.25) is 0 Å². The van der Waals surface area contributed by atoms with Crippen LogP contribution in [-0.4, -0.2) is 34.7 Å². The van der Waals surface area contributed by atoms with Crippen LogP contribution in [0.4, 0.5) is 4.39 Å². The van der Waals surface area contributed by atoms with E-state index in [4.69, 9.17) is 0 Å². The lowest BCUT2D eigenvalue weighted by molar-refractivity contribution is -0.0193. The van der Waals surface area contributed by atoms with Gasteiger partial charge >= 0.3 is 0 Å². The molecule has 0 aliphatic rings. The van der Waals surface area contributed by atoms with Gasteiger partial charge in [-0.25, -0.2) is 4.39 Å². The summed E-state index contributed by atoms with van der Waals surface area (Å²) in [4.78, 5) is 2.25. The number of hydrogen-bond acceptors (Lipinski definition) is 2. The Labute approximate surface area is 116 Å². The van der Waals surface area contributed by atoms with Crippen LogP contribution in [0.15, 0.2) is 24.3 Å². The van der Waals surface area contributed by atoms with Crippen molar-refractivity contribution in [3.05, 3.63) is 35.6 Å². The molecule has 2 unspecified atom stereocenters. The first-order chi connectivity index (χ1) is 8.99. The van der Waals surface area contributed by atoms with Crippen LogP contribution in [0.5, 0.6) is 0 Å². The Morgan fingerprint density at radius 3 is 2.26 bits per heavy atom. The fraction of sp³-hybridized carbons (Fsp3) is 0.625. The van der Waals surface area contributed by atoms with Gasteiger partial charge in [0.25, 0.3) is 0 Å². The predicted molar refractivity (Wildman–Crippen MR) is 77.7 cm³/mol. The van der Waals surface area contributed by atoms with Gasteiger partial charge in [-0.1, -0.05) is 39.0 Å². The molecule has 0 aliphatic carbocycles. The van der Waals surface area contributed by atoms with Crippen molar-refractivity contribution in [2.24, 2.45) is 0 Å². The van der Waals surface area contributed by atoms with E-state index in [-0.39, 0.29) is 11.4 Å². The summed E-state index contributed by atoms with van der Waals surface area (Å²) in [6.07, 6.45) is 0.618. The first-order valence-electron chi connectivity index (χ1n) is 7.16. The molecule has 3 heteroatoms. The van der Waals surface area contributed by atoms with Gasteiger partial charge < -0.3 is 5.11 Å². The van der Waals surface area contributed by atoms with Crippen LogP contribution in [0.25, 0.3) is 0 Å². The number of hydrogen-bond donors (Lipinski definition) is 1. The molecular weight excluding hydrogens is 241 g/mol. The molecule has 0 saturated carbocycles. The molecule has 1 rings (SSSR count). The number of aliphatic hydroxyl groups is 1. The van der Waals surface area contributed by atoms with Crippen molar-refractivity contribution < 1.29 is 9.50 Å². The van der Waals surface area contributed by atoms with E-state index in [9.17, 15) is 9.50 Å². The van der Waals surface area contributed by atoms with E-state index >= 15 is 0 Å². The van der Waals surface area contributed by atoms with Crippen molar-refractivity contribution in [2.75, 3.05) is 13.1 Å². The van der Waals surface area contributed by atoms with E-state index in [2.05, 4.69) is 32.6 Å². The number of benzene rings is 1. The van der Waals surface area contributed by atoms with Gasteiger partial charge in [0.05, 0.1) is 6.10 Å². The normalized spacial score (nSPS) is 16.4. The number of aliphatic hydroxyl groups excluding tert-OH is 1. The molecule has 0 heterocycles. The Hall–Kier alpha value is -0.930. The zero-order chi connectivity index (χ0) is 14.5. The Morgan fingerprint density at radius 1 is 1.21 bits per heavy atom. The second kappa shape index (κ2) is 7.01. The molecule has 1 aromatic rings. The van der Waals surface area contributed by atoms with Crippen molar-refractivity contribution in [3.8, 4) is 0 Å². The highest BCUT2D eigenvalue weighted by Gasteiger charge is 2.36. The first kappa shape index (κ1) is 16.1. The maximum atomic E-state index is 13.7. The van der Waals surface area contributed by atoms with Crippen molar-refractivity contribution >= 4 is 0 Å². The van der Waals surface area contributed by atoms with Gasteiger partial charge in [0, 0.05) is 12.0 Å². The van der Waals surface area contributed by atoms with Gasteiger partial charge in [0.2, 0.25) is 0 Å².